The molecule has 12 heteroatoms. The fourth-order valence-electron chi connectivity index (χ4n) is 3.92. The first kappa shape index (κ1) is 28.4. The van der Waals surface area contributed by atoms with Crippen molar-refractivity contribution in [2.75, 3.05) is 19.7 Å². The lowest BCUT2D eigenvalue weighted by Gasteiger charge is -2.33. The summed E-state index contributed by atoms with van der Waals surface area (Å²) < 4.78 is 55.7. The van der Waals surface area contributed by atoms with Crippen LogP contribution in [-0.2, 0) is 24.8 Å². The maximum atomic E-state index is 12.9. The molecule has 0 aromatic heterocycles. The molecule has 1 heterocycles. The number of carbonyl (C=O) groups is 1. The van der Waals surface area contributed by atoms with Crippen LogP contribution in [0.1, 0.15) is 39.5 Å². The van der Waals surface area contributed by atoms with Crippen LogP contribution in [0.3, 0.4) is 0 Å². The van der Waals surface area contributed by atoms with Gasteiger partial charge in [-0.05, 0) is 74.2 Å². The number of carbonyl (C=O) groups excluding carboxylic acids is 1. The molecule has 0 atom stereocenters. The minimum Gasteiger partial charge on any atom is -0.494 e. The molecule has 0 bridgehead atoms. The highest BCUT2D eigenvalue weighted by Crippen LogP contribution is 2.26. The SMILES string of the molecule is CC(C)(CCCOc1ccc(Cl)cc1)C(=O)NC1CCN(S(=O)(=O)c2ccc(S(N)(=O)=O)cc2)CC1. The third-order valence-electron chi connectivity index (χ3n) is 6.22. The fraction of sp³-hybridized carbons (Fsp3) is 0.458. The minimum atomic E-state index is -3.90. The van der Waals surface area contributed by atoms with E-state index in [2.05, 4.69) is 5.32 Å². The number of benzene rings is 2. The number of halogens is 1. The van der Waals surface area contributed by atoms with Crippen molar-refractivity contribution in [3.63, 3.8) is 0 Å². The lowest BCUT2D eigenvalue weighted by molar-refractivity contribution is -0.130. The lowest BCUT2D eigenvalue weighted by atomic mass is 9.86. The zero-order valence-electron chi connectivity index (χ0n) is 20.3. The van der Waals surface area contributed by atoms with Crippen LogP contribution in [0.5, 0.6) is 5.75 Å². The second-order valence-electron chi connectivity index (χ2n) is 9.46. The number of hydrogen-bond donors (Lipinski definition) is 2. The minimum absolute atomic E-state index is 0.000613. The summed E-state index contributed by atoms with van der Waals surface area (Å²) in [4.78, 5) is 12.7. The summed E-state index contributed by atoms with van der Waals surface area (Å²) in [5.74, 6) is 0.651. The second-order valence-corrected chi connectivity index (χ2v) is 13.4. The van der Waals surface area contributed by atoms with Crippen molar-refractivity contribution < 1.29 is 26.4 Å². The smallest absolute Gasteiger partial charge is 0.243 e. The average Bonchev–Trinajstić information content (AvgIpc) is 2.83. The predicted octanol–water partition coefficient (Wildman–Crippen LogP) is 3.14. The summed E-state index contributed by atoms with van der Waals surface area (Å²) in [6.45, 7) is 4.75. The molecule has 1 amide bonds. The molecule has 1 saturated heterocycles. The first-order chi connectivity index (χ1) is 16.8. The van der Waals surface area contributed by atoms with E-state index in [-0.39, 0.29) is 34.8 Å². The Balaban J connectivity index is 1.46. The van der Waals surface area contributed by atoms with Crippen molar-refractivity contribution in [2.24, 2.45) is 10.6 Å². The quantitative estimate of drug-likeness (QED) is 0.431. The topological polar surface area (TPSA) is 136 Å². The highest BCUT2D eigenvalue weighted by atomic mass is 35.5. The van der Waals surface area contributed by atoms with E-state index in [9.17, 15) is 21.6 Å². The van der Waals surface area contributed by atoms with Gasteiger partial charge >= 0.3 is 0 Å². The number of ether oxygens (including phenoxy) is 1. The molecule has 9 nitrogen and oxygen atoms in total. The van der Waals surface area contributed by atoms with E-state index in [1.807, 2.05) is 13.8 Å². The number of nitrogens with two attached hydrogens (primary N) is 1. The van der Waals surface area contributed by atoms with Crippen molar-refractivity contribution in [2.45, 2.75) is 55.4 Å². The summed E-state index contributed by atoms with van der Waals surface area (Å²) in [7, 11) is -7.68. The van der Waals surface area contributed by atoms with Crippen molar-refractivity contribution >= 4 is 37.6 Å². The first-order valence-electron chi connectivity index (χ1n) is 11.6. The molecule has 0 spiro atoms. The van der Waals surface area contributed by atoms with Crippen LogP contribution in [0.25, 0.3) is 0 Å². The van der Waals surface area contributed by atoms with Gasteiger partial charge in [0, 0.05) is 29.6 Å². The zero-order chi connectivity index (χ0) is 26.6. The summed E-state index contributed by atoms with van der Waals surface area (Å²) in [5, 5.41) is 8.78. The molecule has 2 aromatic rings. The highest BCUT2D eigenvalue weighted by Gasteiger charge is 2.33. The largest absolute Gasteiger partial charge is 0.494 e. The van der Waals surface area contributed by atoms with Crippen molar-refractivity contribution in [3.8, 4) is 5.75 Å². The van der Waals surface area contributed by atoms with Crippen molar-refractivity contribution in [1.29, 1.82) is 0 Å². The number of piperidine rings is 1. The lowest BCUT2D eigenvalue weighted by Crippen LogP contribution is -2.49. The zero-order valence-corrected chi connectivity index (χ0v) is 22.7. The van der Waals surface area contributed by atoms with E-state index >= 15 is 0 Å². The van der Waals surface area contributed by atoms with Gasteiger partial charge in [-0.3, -0.25) is 4.79 Å². The van der Waals surface area contributed by atoms with Gasteiger partial charge in [0.2, 0.25) is 26.0 Å². The van der Waals surface area contributed by atoms with Gasteiger partial charge < -0.3 is 10.1 Å². The van der Waals surface area contributed by atoms with Crippen LogP contribution < -0.4 is 15.2 Å². The summed E-state index contributed by atoms with van der Waals surface area (Å²) in [6, 6.07) is 11.8. The van der Waals surface area contributed by atoms with Gasteiger partial charge in [-0.15, -0.1) is 0 Å². The third-order valence-corrected chi connectivity index (χ3v) is 9.32. The monoisotopic (exact) mass is 557 g/mol. The molecule has 2 aromatic carbocycles. The Bertz CT molecular complexity index is 1260. The number of nitrogens with zero attached hydrogens (tertiary/aromatic N) is 1. The fourth-order valence-corrected chi connectivity index (χ4v) is 6.03. The summed E-state index contributed by atoms with van der Waals surface area (Å²) >= 11 is 5.87. The van der Waals surface area contributed by atoms with E-state index in [1.165, 1.54) is 28.6 Å². The molecule has 0 aliphatic carbocycles. The Labute approximate surface area is 218 Å². The van der Waals surface area contributed by atoms with E-state index in [1.54, 1.807) is 24.3 Å². The average molecular weight is 558 g/mol. The standard InChI is InChI=1S/C24H32ClN3O6S2/c1-24(2,14-3-17-34-20-6-4-18(25)5-7-20)23(29)27-19-12-15-28(16-13-19)36(32,33)22-10-8-21(9-11-22)35(26,30)31/h4-11,19H,3,12-17H2,1-2H3,(H,27,29)(H2,26,30,31). The maximum absolute atomic E-state index is 12.9. The van der Waals surface area contributed by atoms with Crippen LogP contribution in [-0.4, -0.2) is 52.8 Å². The van der Waals surface area contributed by atoms with Crippen LogP contribution >= 0.6 is 11.6 Å². The van der Waals surface area contributed by atoms with Gasteiger partial charge in [-0.2, -0.15) is 4.31 Å². The molecule has 3 rings (SSSR count). The number of hydrogen-bond acceptors (Lipinski definition) is 6. The molecule has 198 valence electrons. The molecular weight excluding hydrogens is 526 g/mol. The second kappa shape index (κ2) is 11.5. The Kier molecular flexibility index (Phi) is 9.05. The van der Waals surface area contributed by atoms with E-state index in [0.717, 1.165) is 5.75 Å². The summed E-state index contributed by atoms with van der Waals surface area (Å²) in [6.07, 6.45) is 2.30. The Hall–Kier alpha value is -2.18. The third kappa shape index (κ3) is 7.42. The number of primary sulfonamides is 1. The van der Waals surface area contributed by atoms with E-state index < -0.39 is 25.5 Å². The Morgan fingerprint density at radius 1 is 1.03 bits per heavy atom. The van der Waals surface area contributed by atoms with Crippen molar-refractivity contribution in [3.05, 3.63) is 53.6 Å². The van der Waals surface area contributed by atoms with Gasteiger partial charge in [0.05, 0.1) is 16.4 Å². The number of rotatable bonds is 10. The molecule has 0 saturated carbocycles. The molecule has 1 fully saturated rings. The van der Waals surface area contributed by atoms with Crippen LogP contribution in [0.2, 0.25) is 5.02 Å². The van der Waals surface area contributed by atoms with Crippen LogP contribution in [0.4, 0.5) is 0 Å². The molecule has 0 unspecified atom stereocenters. The molecule has 1 aliphatic rings. The van der Waals surface area contributed by atoms with Gasteiger partial charge in [0.1, 0.15) is 5.75 Å². The molecule has 36 heavy (non-hydrogen) atoms. The van der Waals surface area contributed by atoms with E-state index in [0.29, 0.717) is 37.3 Å². The van der Waals surface area contributed by atoms with Gasteiger partial charge in [0.25, 0.3) is 0 Å². The van der Waals surface area contributed by atoms with Crippen molar-refractivity contribution in [1.82, 2.24) is 9.62 Å². The number of amides is 1. The van der Waals surface area contributed by atoms with Gasteiger partial charge in [-0.25, -0.2) is 22.0 Å². The molecule has 3 N–H and O–H groups in total. The first-order valence-corrected chi connectivity index (χ1v) is 15.0. The number of sulfonamides is 2. The van der Waals surface area contributed by atoms with Gasteiger partial charge in [-0.1, -0.05) is 25.4 Å². The van der Waals surface area contributed by atoms with Crippen LogP contribution in [0.15, 0.2) is 58.3 Å². The maximum Gasteiger partial charge on any atom is 0.243 e. The van der Waals surface area contributed by atoms with Crippen LogP contribution in [0, 0.1) is 5.41 Å². The molecule has 1 aliphatic heterocycles. The normalized spacial score (nSPS) is 16.0. The Morgan fingerprint density at radius 3 is 2.14 bits per heavy atom. The number of nitrogens with one attached hydrogen (secondary N) is 1. The summed E-state index contributed by atoms with van der Waals surface area (Å²) in [5.41, 5.74) is -0.600. The highest BCUT2D eigenvalue weighted by molar-refractivity contribution is 7.89. The molecular formula is C24H32ClN3O6S2. The Morgan fingerprint density at radius 2 is 1.58 bits per heavy atom. The molecule has 0 radical (unpaired) electrons. The predicted molar refractivity (Wildman–Crippen MR) is 138 cm³/mol. The van der Waals surface area contributed by atoms with Gasteiger partial charge in [0.15, 0.2) is 0 Å². The van der Waals surface area contributed by atoms with E-state index in [4.69, 9.17) is 21.5 Å².